The quantitative estimate of drug-likeness (QED) is 0.548. The van der Waals surface area contributed by atoms with Gasteiger partial charge in [-0.1, -0.05) is 48.5 Å². The molecule has 0 saturated carbocycles. The van der Waals surface area contributed by atoms with Crippen molar-refractivity contribution in [3.63, 3.8) is 0 Å². The Morgan fingerprint density at radius 2 is 1.47 bits per heavy atom. The van der Waals surface area contributed by atoms with E-state index in [1.165, 1.54) is 21.9 Å². The maximum Gasteiger partial charge on any atom is 0.569 e. The maximum absolute atomic E-state index is 8.91. The third-order valence-electron chi connectivity index (χ3n) is 3.67. The lowest BCUT2D eigenvalue weighted by molar-refractivity contribution is 0.455. The molecule has 3 aromatic carbocycles. The Bertz CT molecular complexity index is 791. The molecule has 1 aliphatic rings. The number of rotatable bonds is 2. The highest BCUT2D eigenvalue weighted by molar-refractivity contribution is 6.20. The van der Waals surface area contributed by atoms with Gasteiger partial charge in [0.15, 0.2) is 0 Å². The van der Waals surface area contributed by atoms with Gasteiger partial charge in [0.25, 0.3) is 0 Å². The van der Waals surface area contributed by atoms with Crippen molar-refractivity contribution in [2.75, 3.05) is 0 Å². The number of hydrogen-bond donors (Lipinski definition) is 1. The second kappa shape index (κ2) is 3.87. The van der Waals surface area contributed by atoms with Gasteiger partial charge in [-0.3, -0.25) is 0 Å². The topological polar surface area (TPSA) is 29.5 Å². The van der Waals surface area contributed by atoms with Gasteiger partial charge in [-0.15, -0.1) is 0 Å². The van der Waals surface area contributed by atoms with Crippen LogP contribution in [0.5, 0.6) is 5.75 Å². The van der Waals surface area contributed by atoms with Crippen LogP contribution in [0.3, 0.4) is 0 Å². The SMILES string of the molecule is O[B]Oc1cccc2c1-c1cccc3cccc-2c13. The van der Waals surface area contributed by atoms with Gasteiger partial charge in [0.1, 0.15) is 5.75 Å². The van der Waals surface area contributed by atoms with E-state index in [0.717, 1.165) is 18.8 Å². The van der Waals surface area contributed by atoms with Gasteiger partial charge in [0, 0.05) is 5.56 Å². The molecular formula is C16H10BO2. The Labute approximate surface area is 111 Å². The third-order valence-corrected chi connectivity index (χ3v) is 3.67. The third kappa shape index (κ3) is 1.36. The minimum atomic E-state index is 0.684. The van der Waals surface area contributed by atoms with Gasteiger partial charge < -0.3 is 9.68 Å². The Morgan fingerprint density at radius 3 is 2.26 bits per heavy atom. The predicted octanol–water partition coefficient (Wildman–Crippen LogP) is 3.39. The lowest BCUT2D eigenvalue weighted by Crippen LogP contribution is -2.00. The summed E-state index contributed by atoms with van der Waals surface area (Å²) in [5.74, 6) is 0.684. The maximum atomic E-state index is 8.91. The highest BCUT2D eigenvalue weighted by Gasteiger charge is 2.23. The number of fused-ring (bicyclic) bond motifs is 3. The van der Waals surface area contributed by atoms with E-state index >= 15 is 0 Å². The predicted molar refractivity (Wildman–Crippen MR) is 77.0 cm³/mol. The largest absolute Gasteiger partial charge is 0.569 e. The van der Waals surface area contributed by atoms with E-state index in [1.807, 2.05) is 12.1 Å². The van der Waals surface area contributed by atoms with Gasteiger partial charge >= 0.3 is 7.69 Å². The number of benzene rings is 3. The fourth-order valence-electron chi connectivity index (χ4n) is 2.96. The van der Waals surface area contributed by atoms with E-state index in [-0.39, 0.29) is 0 Å². The first-order valence-corrected chi connectivity index (χ1v) is 6.18. The molecule has 0 bridgehead atoms. The molecule has 0 saturated heterocycles. The normalized spacial score (nSPS) is 11.4. The van der Waals surface area contributed by atoms with Crippen LogP contribution in [0.15, 0.2) is 54.6 Å². The molecule has 0 heterocycles. The van der Waals surface area contributed by atoms with Crippen molar-refractivity contribution in [1.82, 2.24) is 0 Å². The second-order valence-corrected chi connectivity index (χ2v) is 4.61. The van der Waals surface area contributed by atoms with E-state index in [4.69, 9.17) is 9.68 Å². The molecule has 1 radical (unpaired) electrons. The standard InChI is InChI=1S/C16H10BO2/c18-17-19-14-9-3-7-12-11-6-1-4-10-5-2-8-13(15(10)11)16(12)14/h1-9,18H. The molecule has 3 heteroatoms. The van der Waals surface area contributed by atoms with Crippen molar-refractivity contribution >= 4 is 18.5 Å². The first kappa shape index (κ1) is 10.6. The molecule has 19 heavy (non-hydrogen) atoms. The van der Waals surface area contributed by atoms with E-state index in [0.29, 0.717) is 5.75 Å². The lowest BCUT2D eigenvalue weighted by atomic mass is 10.0. The van der Waals surface area contributed by atoms with Gasteiger partial charge in [-0.05, 0) is 33.5 Å². The summed E-state index contributed by atoms with van der Waals surface area (Å²) in [6.07, 6.45) is 0. The van der Waals surface area contributed by atoms with Gasteiger partial charge in [0.2, 0.25) is 0 Å². The molecular weight excluding hydrogens is 235 g/mol. The fourth-order valence-corrected chi connectivity index (χ4v) is 2.96. The molecule has 0 fully saturated rings. The molecule has 1 aliphatic carbocycles. The Morgan fingerprint density at radius 1 is 0.789 bits per heavy atom. The summed E-state index contributed by atoms with van der Waals surface area (Å²) >= 11 is 0. The zero-order chi connectivity index (χ0) is 12.8. The van der Waals surface area contributed by atoms with Gasteiger partial charge in [0.05, 0.1) is 0 Å². The van der Waals surface area contributed by atoms with Crippen LogP contribution in [0.1, 0.15) is 0 Å². The Balaban J connectivity index is 2.15. The van der Waals surface area contributed by atoms with Gasteiger partial charge in [-0.25, -0.2) is 0 Å². The summed E-state index contributed by atoms with van der Waals surface area (Å²) in [5.41, 5.74) is 4.61. The molecule has 0 spiro atoms. The molecule has 2 nitrogen and oxygen atoms in total. The zero-order valence-corrected chi connectivity index (χ0v) is 10.1. The highest BCUT2D eigenvalue weighted by Crippen LogP contribution is 2.50. The van der Waals surface area contributed by atoms with Crippen LogP contribution in [-0.2, 0) is 0 Å². The van der Waals surface area contributed by atoms with Crippen LogP contribution in [0.2, 0.25) is 0 Å². The zero-order valence-electron chi connectivity index (χ0n) is 10.1. The summed E-state index contributed by atoms with van der Waals surface area (Å²) in [5, 5.41) is 11.4. The van der Waals surface area contributed by atoms with E-state index in [1.54, 1.807) is 0 Å². The fraction of sp³-hybridized carbons (Fsp3) is 0. The molecule has 3 aromatic rings. The minimum Gasteiger partial charge on any atom is -0.537 e. The van der Waals surface area contributed by atoms with Crippen molar-refractivity contribution in [3.05, 3.63) is 54.6 Å². The summed E-state index contributed by atoms with van der Waals surface area (Å²) in [4.78, 5) is 0. The summed E-state index contributed by atoms with van der Waals surface area (Å²) < 4.78 is 5.24. The monoisotopic (exact) mass is 245 g/mol. The van der Waals surface area contributed by atoms with Crippen molar-refractivity contribution < 1.29 is 9.68 Å². The van der Waals surface area contributed by atoms with Crippen LogP contribution in [0.25, 0.3) is 33.0 Å². The van der Waals surface area contributed by atoms with Crippen molar-refractivity contribution in [3.8, 4) is 28.0 Å². The molecule has 4 rings (SSSR count). The van der Waals surface area contributed by atoms with Crippen molar-refractivity contribution in [2.45, 2.75) is 0 Å². The van der Waals surface area contributed by atoms with E-state index in [2.05, 4.69) is 42.5 Å². The summed E-state index contributed by atoms with van der Waals surface area (Å²) in [6, 6.07) is 18.5. The molecule has 0 atom stereocenters. The second-order valence-electron chi connectivity index (χ2n) is 4.61. The average molecular weight is 245 g/mol. The van der Waals surface area contributed by atoms with Crippen LogP contribution < -0.4 is 4.65 Å². The van der Waals surface area contributed by atoms with Crippen molar-refractivity contribution in [1.29, 1.82) is 0 Å². The molecule has 0 aromatic heterocycles. The highest BCUT2D eigenvalue weighted by atomic mass is 16.5. The Kier molecular flexibility index (Phi) is 2.17. The minimum absolute atomic E-state index is 0.684. The van der Waals surface area contributed by atoms with Crippen molar-refractivity contribution in [2.24, 2.45) is 0 Å². The first-order chi connectivity index (χ1) is 9.40. The molecule has 0 aliphatic heterocycles. The molecule has 89 valence electrons. The average Bonchev–Trinajstić information content (AvgIpc) is 2.78. The lowest BCUT2D eigenvalue weighted by Gasteiger charge is -2.09. The number of hydrogen-bond acceptors (Lipinski definition) is 2. The van der Waals surface area contributed by atoms with Crippen LogP contribution >= 0.6 is 0 Å². The molecule has 0 unspecified atom stereocenters. The summed E-state index contributed by atoms with van der Waals surface area (Å²) in [6.45, 7) is 0. The van der Waals surface area contributed by atoms with Crippen LogP contribution in [0.4, 0.5) is 0 Å². The van der Waals surface area contributed by atoms with E-state index in [9.17, 15) is 0 Å². The molecule has 1 N–H and O–H groups in total. The van der Waals surface area contributed by atoms with E-state index < -0.39 is 0 Å². The molecule has 0 amide bonds. The summed E-state index contributed by atoms with van der Waals surface area (Å²) in [7, 11) is 0.735. The van der Waals surface area contributed by atoms with Gasteiger partial charge in [-0.2, -0.15) is 0 Å². The first-order valence-electron chi connectivity index (χ1n) is 6.18. The van der Waals surface area contributed by atoms with Crippen LogP contribution in [-0.4, -0.2) is 12.7 Å². The Hall–Kier alpha value is -2.26. The smallest absolute Gasteiger partial charge is 0.537 e. The van der Waals surface area contributed by atoms with Crippen LogP contribution in [0, 0.1) is 0 Å².